The highest BCUT2D eigenvalue weighted by Gasteiger charge is 2.16. The van der Waals surface area contributed by atoms with Crippen molar-refractivity contribution in [3.05, 3.63) is 60.3 Å². The summed E-state index contributed by atoms with van der Waals surface area (Å²) in [5.41, 5.74) is 6.46. The number of hydrogen-bond donors (Lipinski definition) is 1. The molecule has 2 heterocycles. The molecule has 0 atom stereocenters. The largest absolute Gasteiger partial charge is 0.454 e. The van der Waals surface area contributed by atoms with Crippen LogP contribution in [-0.4, -0.2) is 4.98 Å². The highest BCUT2D eigenvalue weighted by atomic mass is 16.3. The predicted octanol–water partition coefficient (Wildman–Crippen LogP) is 4.89. The van der Waals surface area contributed by atoms with E-state index in [1.54, 1.807) is 0 Å². The van der Waals surface area contributed by atoms with Crippen molar-refractivity contribution >= 4 is 22.1 Å². The van der Waals surface area contributed by atoms with Crippen molar-refractivity contribution in [3.63, 3.8) is 0 Å². The zero-order valence-corrected chi connectivity index (χ0v) is 10.6. The first-order valence-electron chi connectivity index (χ1n) is 6.40. The SMILES string of the molecule is Cc1[nH]c2c(oc3ccccc32)c1-c1ccccc1. The topological polar surface area (TPSA) is 28.9 Å². The number of fused-ring (bicyclic) bond motifs is 3. The molecule has 0 unspecified atom stereocenters. The Balaban J connectivity index is 2.13. The summed E-state index contributed by atoms with van der Waals surface area (Å²) in [7, 11) is 0. The van der Waals surface area contributed by atoms with Crippen molar-refractivity contribution in [2.24, 2.45) is 0 Å². The lowest BCUT2D eigenvalue weighted by Crippen LogP contribution is -1.78. The maximum atomic E-state index is 6.03. The third kappa shape index (κ3) is 1.43. The molecule has 2 aromatic carbocycles. The van der Waals surface area contributed by atoms with Crippen LogP contribution in [0.25, 0.3) is 33.2 Å². The minimum absolute atomic E-state index is 0.931. The molecule has 1 N–H and O–H groups in total. The van der Waals surface area contributed by atoms with Gasteiger partial charge in [-0.05, 0) is 24.6 Å². The van der Waals surface area contributed by atoms with Gasteiger partial charge in [0.1, 0.15) is 5.58 Å². The average molecular weight is 247 g/mol. The molecule has 0 aliphatic heterocycles. The van der Waals surface area contributed by atoms with Crippen LogP contribution in [0.15, 0.2) is 59.0 Å². The molecule has 0 saturated carbocycles. The lowest BCUT2D eigenvalue weighted by molar-refractivity contribution is 0.670. The molecule has 0 aliphatic rings. The van der Waals surface area contributed by atoms with Crippen LogP contribution in [-0.2, 0) is 0 Å². The summed E-state index contributed by atoms with van der Waals surface area (Å²) in [6.07, 6.45) is 0. The number of para-hydroxylation sites is 1. The molecular weight excluding hydrogens is 234 g/mol. The van der Waals surface area contributed by atoms with Gasteiger partial charge < -0.3 is 9.40 Å². The molecule has 4 rings (SSSR count). The fourth-order valence-corrected chi connectivity index (χ4v) is 2.72. The molecule has 0 radical (unpaired) electrons. The normalized spacial score (nSPS) is 11.4. The quantitative estimate of drug-likeness (QED) is 0.509. The van der Waals surface area contributed by atoms with Crippen LogP contribution in [0, 0.1) is 6.92 Å². The Bertz CT molecular complexity index is 868. The number of H-pyrrole nitrogens is 1. The number of aryl methyl sites for hydroxylation is 1. The number of nitrogens with one attached hydrogen (secondary N) is 1. The van der Waals surface area contributed by atoms with Gasteiger partial charge in [-0.3, -0.25) is 0 Å². The molecule has 2 aromatic heterocycles. The number of aromatic nitrogens is 1. The van der Waals surface area contributed by atoms with Gasteiger partial charge in [-0.2, -0.15) is 0 Å². The Labute approximate surface area is 110 Å². The molecule has 0 amide bonds. The highest BCUT2D eigenvalue weighted by Crippen LogP contribution is 2.37. The first-order valence-corrected chi connectivity index (χ1v) is 6.40. The Morgan fingerprint density at radius 1 is 0.895 bits per heavy atom. The molecule has 0 aliphatic carbocycles. The predicted molar refractivity (Wildman–Crippen MR) is 78.2 cm³/mol. The lowest BCUT2D eigenvalue weighted by Gasteiger charge is -1.99. The Morgan fingerprint density at radius 3 is 2.47 bits per heavy atom. The van der Waals surface area contributed by atoms with Gasteiger partial charge in [-0.15, -0.1) is 0 Å². The maximum absolute atomic E-state index is 6.03. The summed E-state index contributed by atoms with van der Waals surface area (Å²) in [6.45, 7) is 2.09. The van der Waals surface area contributed by atoms with Gasteiger partial charge in [0.25, 0.3) is 0 Å². The molecule has 0 saturated heterocycles. The van der Waals surface area contributed by atoms with Crippen molar-refractivity contribution in [2.75, 3.05) is 0 Å². The molecular formula is C17H13NO. The summed E-state index contributed by atoms with van der Waals surface area (Å²) in [5.74, 6) is 0. The molecule has 92 valence electrons. The lowest BCUT2D eigenvalue weighted by atomic mass is 10.1. The second-order valence-electron chi connectivity index (χ2n) is 4.79. The van der Waals surface area contributed by atoms with E-state index in [1.807, 2.05) is 24.3 Å². The number of aromatic amines is 1. The van der Waals surface area contributed by atoms with E-state index >= 15 is 0 Å². The van der Waals surface area contributed by atoms with Gasteiger partial charge in [0.15, 0.2) is 5.58 Å². The van der Waals surface area contributed by atoms with Gasteiger partial charge in [0.05, 0.1) is 5.52 Å². The molecule has 2 heteroatoms. The zero-order chi connectivity index (χ0) is 12.8. The van der Waals surface area contributed by atoms with Gasteiger partial charge in [0.2, 0.25) is 0 Å². The smallest absolute Gasteiger partial charge is 0.161 e. The Morgan fingerprint density at radius 2 is 1.63 bits per heavy atom. The highest BCUT2D eigenvalue weighted by molar-refractivity contribution is 6.08. The first-order chi connectivity index (χ1) is 9.34. The number of benzene rings is 2. The number of rotatable bonds is 1. The Hall–Kier alpha value is -2.48. The summed E-state index contributed by atoms with van der Waals surface area (Å²) in [6, 6.07) is 18.5. The minimum atomic E-state index is 0.931. The fourth-order valence-electron chi connectivity index (χ4n) is 2.72. The van der Waals surface area contributed by atoms with E-state index in [0.29, 0.717) is 0 Å². The van der Waals surface area contributed by atoms with Crippen LogP contribution in [0.3, 0.4) is 0 Å². The van der Waals surface area contributed by atoms with Crippen LogP contribution >= 0.6 is 0 Å². The number of hydrogen-bond acceptors (Lipinski definition) is 1. The maximum Gasteiger partial charge on any atom is 0.161 e. The second-order valence-corrected chi connectivity index (χ2v) is 4.79. The van der Waals surface area contributed by atoms with Crippen LogP contribution in [0.2, 0.25) is 0 Å². The monoisotopic (exact) mass is 247 g/mol. The van der Waals surface area contributed by atoms with Crippen LogP contribution in [0.5, 0.6) is 0 Å². The van der Waals surface area contributed by atoms with Crippen LogP contribution in [0.1, 0.15) is 5.69 Å². The molecule has 0 fully saturated rings. The summed E-state index contributed by atoms with van der Waals surface area (Å²) in [5, 5.41) is 1.14. The van der Waals surface area contributed by atoms with Gasteiger partial charge >= 0.3 is 0 Å². The van der Waals surface area contributed by atoms with E-state index in [4.69, 9.17) is 4.42 Å². The third-order valence-electron chi connectivity index (χ3n) is 3.57. The van der Waals surface area contributed by atoms with Crippen molar-refractivity contribution in [1.29, 1.82) is 0 Å². The van der Waals surface area contributed by atoms with E-state index in [1.165, 1.54) is 5.56 Å². The standard InChI is InChI=1S/C17H13NO/c1-11-15(12-7-3-2-4-8-12)17-16(18-11)13-9-5-6-10-14(13)19-17/h2-10,18H,1H3. The van der Waals surface area contributed by atoms with E-state index in [9.17, 15) is 0 Å². The van der Waals surface area contributed by atoms with Gasteiger partial charge in [-0.1, -0.05) is 42.5 Å². The van der Waals surface area contributed by atoms with E-state index in [0.717, 1.165) is 33.3 Å². The molecule has 4 aromatic rings. The average Bonchev–Trinajstić information content (AvgIpc) is 2.94. The van der Waals surface area contributed by atoms with Crippen molar-refractivity contribution in [1.82, 2.24) is 4.98 Å². The fraction of sp³-hybridized carbons (Fsp3) is 0.0588. The van der Waals surface area contributed by atoms with Crippen LogP contribution < -0.4 is 0 Å². The van der Waals surface area contributed by atoms with Gasteiger partial charge in [-0.25, -0.2) is 0 Å². The second kappa shape index (κ2) is 3.75. The van der Waals surface area contributed by atoms with Crippen LogP contribution in [0.4, 0.5) is 0 Å². The van der Waals surface area contributed by atoms with E-state index in [-0.39, 0.29) is 0 Å². The van der Waals surface area contributed by atoms with Crippen molar-refractivity contribution in [2.45, 2.75) is 6.92 Å². The summed E-state index contributed by atoms with van der Waals surface area (Å²) >= 11 is 0. The molecule has 19 heavy (non-hydrogen) atoms. The zero-order valence-electron chi connectivity index (χ0n) is 10.6. The van der Waals surface area contributed by atoms with E-state index in [2.05, 4.69) is 42.2 Å². The number of furan rings is 1. The van der Waals surface area contributed by atoms with E-state index < -0.39 is 0 Å². The molecule has 0 spiro atoms. The minimum Gasteiger partial charge on any atom is -0.454 e. The first kappa shape index (κ1) is 10.4. The summed E-state index contributed by atoms with van der Waals surface area (Å²) < 4.78 is 6.03. The third-order valence-corrected chi connectivity index (χ3v) is 3.57. The molecule has 2 nitrogen and oxygen atoms in total. The van der Waals surface area contributed by atoms with Crippen molar-refractivity contribution in [3.8, 4) is 11.1 Å². The Kier molecular flexibility index (Phi) is 2.06. The van der Waals surface area contributed by atoms with Crippen molar-refractivity contribution < 1.29 is 4.42 Å². The molecule has 0 bridgehead atoms. The van der Waals surface area contributed by atoms with Gasteiger partial charge in [0, 0.05) is 16.6 Å². The summed E-state index contributed by atoms with van der Waals surface area (Å²) in [4.78, 5) is 3.45.